The fourth-order valence-corrected chi connectivity index (χ4v) is 4.52. The van der Waals surface area contributed by atoms with E-state index in [0.717, 1.165) is 12.1 Å². The second-order valence-corrected chi connectivity index (χ2v) is 8.72. The van der Waals surface area contributed by atoms with Crippen molar-refractivity contribution in [2.45, 2.75) is 26.3 Å². The van der Waals surface area contributed by atoms with E-state index in [1.54, 1.807) is 35.9 Å². The molecule has 3 aromatic rings. The highest BCUT2D eigenvalue weighted by Crippen LogP contribution is 2.32. The summed E-state index contributed by atoms with van der Waals surface area (Å²) >= 11 is 0. The summed E-state index contributed by atoms with van der Waals surface area (Å²) in [5, 5.41) is 9.60. The topological polar surface area (TPSA) is 87.1 Å². The molecule has 13 heteroatoms. The first-order valence-electron chi connectivity index (χ1n) is 11.6. The average molecular weight is 509 g/mol. The van der Waals surface area contributed by atoms with E-state index in [-0.39, 0.29) is 49.5 Å². The maximum atomic E-state index is 14.7. The standard InChI is InChI=1S/C24H22F3N9O/c1-14-30-15(2)35(32-14)23-20(27)13-19(26)22(31-23)33-6-8-34(9-7-33)24(37)36-21(4-5-29-36)16-10-17(25)12-18(11-16)28-3/h5,10-13,21H,4,6-9H2,1-2H3/t21-/m0/s1. The molecule has 2 aromatic heterocycles. The Kier molecular flexibility index (Phi) is 6.24. The molecule has 0 bridgehead atoms. The highest BCUT2D eigenvalue weighted by atomic mass is 19.1. The zero-order chi connectivity index (χ0) is 26.3. The van der Waals surface area contributed by atoms with E-state index in [2.05, 4.69) is 25.0 Å². The summed E-state index contributed by atoms with van der Waals surface area (Å²) in [5.41, 5.74) is 0.631. The quantitative estimate of drug-likeness (QED) is 0.500. The Morgan fingerprint density at radius 2 is 1.73 bits per heavy atom. The van der Waals surface area contributed by atoms with Gasteiger partial charge in [0.25, 0.3) is 0 Å². The first kappa shape index (κ1) is 24.2. The van der Waals surface area contributed by atoms with Crippen LogP contribution in [0.1, 0.15) is 29.7 Å². The van der Waals surface area contributed by atoms with Crippen LogP contribution in [0.25, 0.3) is 10.7 Å². The maximum Gasteiger partial charge on any atom is 0.341 e. The zero-order valence-electron chi connectivity index (χ0n) is 20.1. The van der Waals surface area contributed by atoms with Crippen LogP contribution in [0.2, 0.25) is 0 Å². The molecule has 0 N–H and O–H groups in total. The summed E-state index contributed by atoms with van der Waals surface area (Å²) in [6.07, 6.45) is 1.97. The van der Waals surface area contributed by atoms with Gasteiger partial charge in [0.1, 0.15) is 17.5 Å². The van der Waals surface area contributed by atoms with Gasteiger partial charge < -0.3 is 9.80 Å². The summed E-state index contributed by atoms with van der Waals surface area (Å²) in [4.78, 5) is 28.1. The number of hydrogen-bond donors (Lipinski definition) is 0. The van der Waals surface area contributed by atoms with Gasteiger partial charge in [0, 0.05) is 44.9 Å². The van der Waals surface area contributed by atoms with Gasteiger partial charge in [-0.1, -0.05) is 6.07 Å². The van der Waals surface area contributed by atoms with Gasteiger partial charge in [-0.15, -0.1) is 5.10 Å². The van der Waals surface area contributed by atoms with Crippen LogP contribution in [0.4, 0.5) is 29.5 Å². The molecule has 4 heterocycles. The van der Waals surface area contributed by atoms with E-state index in [9.17, 15) is 18.0 Å². The molecule has 0 aliphatic carbocycles. The van der Waals surface area contributed by atoms with E-state index in [1.165, 1.54) is 15.8 Å². The first-order valence-corrected chi connectivity index (χ1v) is 11.6. The van der Waals surface area contributed by atoms with Crippen LogP contribution in [0.3, 0.4) is 0 Å². The number of benzene rings is 1. The molecule has 5 rings (SSSR count). The number of anilines is 1. The van der Waals surface area contributed by atoms with Crippen LogP contribution < -0.4 is 4.90 Å². The van der Waals surface area contributed by atoms with Crippen molar-refractivity contribution < 1.29 is 18.0 Å². The van der Waals surface area contributed by atoms with Crippen molar-refractivity contribution in [1.29, 1.82) is 0 Å². The molecule has 1 aromatic carbocycles. The molecule has 1 atom stereocenters. The molecule has 0 saturated carbocycles. The number of aromatic nitrogens is 4. The number of hydrogen-bond acceptors (Lipinski definition) is 6. The number of rotatable bonds is 3. The van der Waals surface area contributed by atoms with Gasteiger partial charge in [-0.05, 0) is 31.5 Å². The maximum absolute atomic E-state index is 14.7. The highest BCUT2D eigenvalue weighted by Gasteiger charge is 2.34. The van der Waals surface area contributed by atoms with Gasteiger partial charge in [-0.3, -0.25) is 0 Å². The summed E-state index contributed by atoms with van der Waals surface area (Å²) in [5.74, 6) is -1.58. The number of carbonyl (C=O) groups excluding carboxylic acids is 1. The molecular weight excluding hydrogens is 487 g/mol. The van der Waals surface area contributed by atoms with Crippen molar-refractivity contribution >= 4 is 23.8 Å². The minimum Gasteiger partial charge on any atom is -0.351 e. The lowest BCUT2D eigenvalue weighted by Gasteiger charge is -2.37. The zero-order valence-corrected chi connectivity index (χ0v) is 20.1. The number of amides is 2. The summed E-state index contributed by atoms with van der Waals surface area (Å²) < 4.78 is 44.5. The molecule has 190 valence electrons. The molecule has 0 spiro atoms. The molecule has 10 nitrogen and oxygen atoms in total. The Morgan fingerprint density at radius 3 is 2.41 bits per heavy atom. The number of carbonyl (C=O) groups is 1. The van der Waals surface area contributed by atoms with Gasteiger partial charge >= 0.3 is 6.03 Å². The van der Waals surface area contributed by atoms with E-state index in [0.29, 0.717) is 23.6 Å². The largest absolute Gasteiger partial charge is 0.351 e. The third-order valence-electron chi connectivity index (χ3n) is 6.26. The lowest BCUT2D eigenvalue weighted by atomic mass is 10.0. The second-order valence-electron chi connectivity index (χ2n) is 8.72. The normalized spacial score (nSPS) is 17.4. The van der Waals surface area contributed by atoms with Crippen molar-refractivity contribution in [1.82, 2.24) is 29.7 Å². The summed E-state index contributed by atoms with van der Waals surface area (Å²) in [6.45, 7) is 11.5. The Hall–Kier alpha value is -4.47. The average Bonchev–Trinajstić information content (AvgIpc) is 3.49. The molecule has 2 aliphatic heterocycles. The number of hydrazone groups is 1. The third-order valence-corrected chi connectivity index (χ3v) is 6.26. The fourth-order valence-electron chi connectivity index (χ4n) is 4.52. The minimum atomic E-state index is -0.861. The SMILES string of the molecule is [C-]#[N+]c1cc(F)cc([C@@H]2CC=NN2C(=O)N2CCN(c3nc(-n4nc(C)nc4C)c(F)cc3F)CC2)c1. The highest BCUT2D eigenvalue weighted by molar-refractivity contribution is 5.79. The van der Waals surface area contributed by atoms with Crippen molar-refractivity contribution in [3.05, 3.63) is 70.3 Å². The lowest BCUT2D eigenvalue weighted by molar-refractivity contribution is 0.139. The van der Waals surface area contributed by atoms with E-state index >= 15 is 0 Å². The Bertz CT molecular complexity index is 1440. The third kappa shape index (κ3) is 4.57. The van der Waals surface area contributed by atoms with E-state index < -0.39 is 23.5 Å². The number of urea groups is 1. The van der Waals surface area contributed by atoms with Gasteiger partial charge in [0.05, 0.1) is 12.6 Å². The fraction of sp³-hybridized carbons (Fsp3) is 0.333. The van der Waals surface area contributed by atoms with Crippen molar-refractivity contribution in [2.24, 2.45) is 5.10 Å². The number of piperazine rings is 1. The predicted molar refractivity (Wildman–Crippen MR) is 128 cm³/mol. The molecule has 1 saturated heterocycles. The number of nitrogens with zero attached hydrogens (tertiary/aromatic N) is 9. The smallest absolute Gasteiger partial charge is 0.341 e. The number of pyridine rings is 1. The molecule has 0 unspecified atom stereocenters. The van der Waals surface area contributed by atoms with Crippen LogP contribution in [-0.2, 0) is 0 Å². The molecule has 0 radical (unpaired) electrons. The second kappa shape index (κ2) is 9.53. The number of aryl methyl sites for hydroxylation is 2. The Labute approximate surface area is 210 Å². The Balaban J connectivity index is 1.31. The predicted octanol–water partition coefficient (Wildman–Crippen LogP) is 3.92. The van der Waals surface area contributed by atoms with Crippen molar-refractivity contribution in [2.75, 3.05) is 31.1 Å². The van der Waals surface area contributed by atoms with Crippen LogP contribution in [0.5, 0.6) is 0 Å². The van der Waals surface area contributed by atoms with E-state index in [1.807, 2.05) is 0 Å². The van der Waals surface area contributed by atoms with Gasteiger partial charge in [0.15, 0.2) is 29.0 Å². The first-order chi connectivity index (χ1) is 17.7. The van der Waals surface area contributed by atoms with Crippen molar-refractivity contribution in [3.63, 3.8) is 0 Å². The van der Waals surface area contributed by atoms with Gasteiger partial charge in [0.2, 0.25) is 0 Å². The Morgan fingerprint density at radius 1 is 1.00 bits per heavy atom. The minimum absolute atomic E-state index is 0.0421. The van der Waals surface area contributed by atoms with Crippen LogP contribution in [-0.4, -0.2) is 68.1 Å². The van der Waals surface area contributed by atoms with E-state index in [4.69, 9.17) is 6.57 Å². The van der Waals surface area contributed by atoms with Crippen LogP contribution in [0, 0.1) is 37.9 Å². The molecule has 2 aliphatic rings. The molecule has 37 heavy (non-hydrogen) atoms. The van der Waals surface area contributed by atoms with Crippen LogP contribution >= 0.6 is 0 Å². The van der Waals surface area contributed by atoms with Gasteiger partial charge in [-0.2, -0.15) is 9.78 Å². The summed E-state index contributed by atoms with van der Waals surface area (Å²) in [7, 11) is 0. The van der Waals surface area contributed by atoms with Gasteiger partial charge in [-0.25, -0.2) is 37.8 Å². The lowest BCUT2D eigenvalue weighted by Crippen LogP contribution is -2.52. The number of halogens is 3. The molecule has 1 fully saturated rings. The van der Waals surface area contributed by atoms with Crippen LogP contribution in [0.15, 0.2) is 29.4 Å². The summed E-state index contributed by atoms with van der Waals surface area (Å²) in [6, 6.07) is 3.84. The monoisotopic (exact) mass is 509 g/mol. The van der Waals surface area contributed by atoms with Crippen molar-refractivity contribution in [3.8, 4) is 5.82 Å². The molecule has 2 amide bonds. The molecular formula is C24H22F3N9O.